The summed E-state index contributed by atoms with van der Waals surface area (Å²) in [6.07, 6.45) is 2.90. The minimum Gasteiger partial charge on any atom is -0.460 e. The second-order valence-electron chi connectivity index (χ2n) is 4.54. The van der Waals surface area contributed by atoms with Gasteiger partial charge in [-0.05, 0) is 12.3 Å². The van der Waals surface area contributed by atoms with Crippen molar-refractivity contribution < 1.29 is 19.1 Å². The van der Waals surface area contributed by atoms with E-state index in [4.69, 9.17) is 9.47 Å². The molecular weight excluding hydrogens is 246 g/mol. The van der Waals surface area contributed by atoms with Crippen LogP contribution in [0.1, 0.15) is 20.3 Å². The summed E-state index contributed by atoms with van der Waals surface area (Å²) in [6.45, 7) is 11.1. The Morgan fingerprint density at radius 1 is 1.16 bits per heavy atom. The highest BCUT2D eigenvalue weighted by Gasteiger charge is 2.29. The maximum absolute atomic E-state index is 11.9. The average Bonchev–Trinajstić information content (AvgIpc) is 2.38. The van der Waals surface area contributed by atoms with Gasteiger partial charge in [0, 0.05) is 7.05 Å². The molecule has 0 N–H and O–H groups in total. The number of carbonyl (C=O) groups excluding carboxylic acids is 2. The molecule has 0 aromatic rings. The molecule has 0 aliphatic rings. The van der Waals surface area contributed by atoms with Gasteiger partial charge < -0.3 is 9.47 Å². The van der Waals surface area contributed by atoms with Gasteiger partial charge in [-0.25, -0.2) is 9.59 Å². The molecule has 1 atom stereocenters. The maximum Gasteiger partial charge on any atom is 0.410 e. The van der Waals surface area contributed by atoms with Gasteiger partial charge in [0.25, 0.3) is 0 Å². The highest BCUT2D eigenvalue weighted by molar-refractivity contribution is 5.81. The Morgan fingerprint density at radius 3 is 2.16 bits per heavy atom. The Labute approximate surface area is 114 Å². The third-order valence-corrected chi connectivity index (χ3v) is 2.39. The van der Waals surface area contributed by atoms with Crippen molar-refractivity contribution in [2.75, 3.05) is 20.3 Å². The minimum absolute atomic E-state index is 0.110. The van der Waals surface area contributed by atoms with Crippen molar-refractivity contribution in [1.29, 1.82) is 0 Å². The van der Waals surface area contributed by atoms with Crippen LogP contribution >= 0.6 is 0 Å². The van der Waals surface area contributed by atoms with Crippen molar-refractivity contribution in [3.63, 3.8) is 0 Å². The number of carbonyl (C=O) groups is 2. The number of likely N-dealkylation sites (N-methyl/N-ethyl adjacent to an activating group) is 1. The molecule has 1 unspecified atom stereocenters. The summed E-state index contributed by atoms with van der Waals surface area (Å²) >= 11 is 0. The predicted molar refractivity (Wildman–Crippen MR) is 73.7 cm³/mol. The molecule has 0 heterocycles. The fraction of sp³-hybridized carbons (Fsp3) is 0.571. The maximum atomic E-state index is 11.9. The molecule has 19 heavy (non-hydrogen) atoms. The molecule has 0 saturated heterocycles. The van der Waals surface area contributed by atoms with Crippen LogP contribution in [0.15, 0.2) is 25.3 Å². The largest absolute Gasteiger partial charge is 0.460 e. The molecule has 0 aliphatic heterocycles. The van der Waals surface area contributed by atoms with Crippen LogP contribution in [0.2, 0.25) is 0 Å². The van der Waals surface area contributed by atoms with Crippen LogP contribution in [0.25, 0.3) is 0 Å². The molecular formula is C14H23NO4. The molecule has 0 rings (SSSR count). The standard InChI is InChI=1S/C14H23NO4/c1-6-8-18-13(16)12(10-11(3)4)15(5)14(17)19-9-7-2/h6-7,11-12H,1-2,8-10H2,3-5H3. The summed E-state index contributed by atoms with van der Waals surface area (Å²) in [5.41, 5.74) is 0. The van der Waals surface area contributed by atoms with Crippen LogP contribution in [-0.2, 0) is 14.3 Å². The zero-order valence-electron chi connectivity index (χ0n) is 11.9. The third-order valence-electron chi connectivity index (χ3n) is 2.39. The van der Waals surface area contributed by atoms with Gasteiger partial charge in [0.2, 0.25) is 0 Å². The monoisotopic (exact) mass is 269 g/mol. The van der Waals surface area contributed by atoms with Gasteiger partial charge in [-0.3, -0.25) is 4.90 Å². The molecule has 0 aromatic carbocycles. The van der Waals surface area contributed by atoms with Gasteiger partial charge in [-0.1, -0.05) is 39.2 Å². The minimum atomic E-state index is -0.655. The number of hydrogen-bond acceptors (Lipinski definition) is 4. The zero-order chi connectivity index (χ0) is 14.8. The van der Waals surface area contributed by atoms with Crippen molar-refractivity contribution in [3.05, 3.63) is 25.3 Å². The molecule has 0 aliphatic carbocycles. The van der Waals surface area contributed by atoms with E-state index < -0.39 is 18.1 Å². The van der Waals surface area contributed by atoms with Crippen molar-refractivity contribution >= 4 is 12.1 Å². The molecule has 0 spiro atoms. The summed E-state index contributed by atoms with van der Waals surface area (Å²) in [6, 6.07) is -0.655. The molecule has 1 amide bonds. The topological polar surface area (TPSA) is 55.8 Å². The van der Waals surface area contributed by atoms with E-state index >= 15 is 0 Å². The Kier molecular flexibility index (Phi) is 8.33. The molecule has 5 nitrogen and oxygen atoms in total. The van der Waals surface area contributed by atoms with Crippen LogP contribution in [0, 0.1) is 5.92 Å². The van der Waals surface area contributed by atoms with Crippen molar-refractivity contribution in [3.8, 4) is 0 Å². The lowest BCUT2D eigenvalue weighted by Gasteiger charge is -2.26. The van der Waals surface area contributed by atoms with Gasteiger partial charge >= 0.3 is 12.1 Å². The lowest BCUT2D eigenvalue weighted by molar-refractivity contribution is -0.148. The van der Waals surface area contributed by atoms with E-state index in [0.717, 1.165) is 0 Å². The van der Waals surface area contributed by atoms with E-state index in [1.807, 2.05) is 13.8 Å². The lowest BCUT2D eigenvalue weighted by atomic mass is 10.0. The van der Waals surface area contributed by atoms with Gasteiger partial charge in [-0.15, -0.1) is 0 Å². The lowest BCUT2D eigenvalue weighted by Crippen LogP contribution is -2.44. The average molecular weight is 269 g/mol. The summed E-state index contributed by atoms with van der Waals surface area (Å²) < 4.78 is 9.91. The first-order valence-electron chi connectivity index (χ1n) is 6.22. The number of ether oxygens (including phenoxy) is 2. The Hall–Kier alpha value is -1.78. The number of amides is 1. The van der Waals surface area contributed by atoms with Crippen molar-refractivity contribution in [2.45, 2.75) is 26.3 Å². The van der Waals surface area contributed by atoms with E-state index in [9.17, 15) is 9.59 Å². The van der Waals surface area contributed by atoms with Crippen LogP contribution in [0.5, 0.6) is 0 Å². The first kappa shape index (κ1) is 17.2. The molecule has 0 bridgehead atoms. The second kappa shape index (κ2) is 9.19. The van der Waals surface area contributed by atoms with Gasteiger partial charge in [0.1, 0.15) is 19.3 Å². The van der Waals surface area contributed by atoms with Crippen LogP contribution in [0.3, 0.4) is 0 Å². The van der Waals surface area contributed by atoms with E-state index in [0.29, 0.717) is 6.42 Å². The van der Waals surface area contributed by atoms with E-state index in [2.05, 4.69) is 13.2 Å². The normalized spacial score (nSPS) is 11.6. The van der Waals surface area contributed by atoms with Crippen LogP contribution in [-0.4, -0.2) is 43.3 Å². The van der Waals surface area contributed by atoms with E-state index in [1.165, 1.54) is 24.1 Å². The smallest absolute Gasteiger partial charge is 0.410 e. The zero-order valence-corrected chi connectivity index (χ0v) is 11.9. The molecule has 0 aromatic heterocycles. The van der Waals surface area contributed by atoms with Crippen LogP contribution < -0.4 is 0 Å². The fourth-order valence-electron chi connectivity index (χ4n) is 1.46. The fourth-order valence-corrected chi connectivity index (χ4v) is 1.46. The van der Waals surface area contributed by atoms with Crippen molar-refractivity contribution in [2.24, 2.45) is 5.92 Å². The quantitative estimate of drug-likeness (QED) is 0.501. The molecule has 0 radical (unpaired) electrons. The molecule has 0 fully saturated rings. The number of hydrogen-bond donors (Lipinski definition) is 0. The number of rotatable bonds is 8. The van der Waals surface area contributed by atoms with Crippen molar-refractivity contribution in [1.82, 2.24) is 4.90 Å². The Bertz CT molecular complexity index is 325. The molecule has 5 heteroatoms. The van der Waals surface area contributed by atoms with Gasteiger partial charge in [0.05, 0.1) is 0 Å². The highest BCUT2D eigenvalue weighted by atomic mass is 16.6. The first-order valence-corrected chi connectivity index (χ1v) is 6.22. The number of nitrogens with zero attached hydrogens (tertiary/aromatic N) is 1. The molecule has 0 saturated carbocycles. The highest BCUT2D eigenvalue weighted by Crippen LogP contribution is 2.13. The van der Waals surface area contributed by atoms with E-state index in [-0.39, 0.29) is 19.1 Å². The first-order chi connectivity index (χ1) is 8.93. The summed E-state index contributed by atoms with van der Waals surface area (Å²) in [5.74, 6) is -0.206. The van der Waals surface area contributed by atoms with Crippen LogP contribution in [0.4, 0.5) is 4.79 Å². The number of esters is 1. The third kappa shape index (κ3) is 6.64. The SMILES string of the molecule is C=CCOC(=O)C(CC(C)C)N(C)C(=O)OCC=C. The van der Waals surface area contributed by atoms with Gasteiger partial charge in [-0.2, -0.15) is 0 Å². The Morgan fingerprint density at radius 2 is 1.68 bits per heavy atom. The predicted octanol–water partition coefficient (Wildman–Crippen LogP) is 2.38. The van der Waals surface area contributed by atoms with E-state index in [1.54, 1.807) is 0 Å². The second-order valence-corrected chi connectivity index (χ2v) is 4.54. The van der Waals surface area contributed by atoms with Gasteiger partial charge in [0.15, 0.2) is 0 Å². The summed E-state index contributed by atoms with van der Waals surface area (Å²) in [7, 11) is 1.52. The summed E-state index contributed by atoms with van der Waals surface area (Å²) in [5, 5.41) is 0. The summed E-state index contributed by atoms with van der Waals surface area (Å²) in [4.78, 5) is 24.9. The molecule has 108 valence electrons. The Balaban J connectivity index is 4.71.